The number of carbonyl (C=O) groups is 2. The van der Waals surface area contributed by atoms with Crippen LogP contribution >= 0.6 is 0 Å². The SMILES string of the molecule is CC/C=C\C/C=C\C/C=C\CCCCCCCCCCOCC(COC(=O)CCCCCCCCC/C=C\C/C=C\CCCCC)OC(=O)CCCCCCC/C=C\CCCCCCCC. The van der Waals surface area contributed by atoms with E-state index in [-0.39, 0.29) is 25.2 Å². The van der Waals surface area contributed by atoms with Crippen LogP contribution in [0.5, 0.6) is 0 Å². The van der Waals surface area contributed by atoms with Crippen molar-refractivity contribution in [1.82, 2.24) is 0 Å². The van der Waals surface area contributed by atoms with E-state index >= 15 is 0 Å². The Bertz CT molecular complexity index is 1180. The van der Waals surface area contributed by atoms with Crippen molar-refractivity contribution in [1.29, 1.82) is 0 Å². The van der Waals surface area contributed by atoms with Crippen molar-refractivity contribution in [2.45, 2.75) is 284 Å². The first kappa shape index (κ1) is 63.3. The second-order valence-electron chi connectivity index (χ2n) is 18.8. The Balaban J connectivity index is 4.30. The first-order chi connectivity index (χ1) is 32.6. The van der Waals surface area contributed by atoms with Gasteiger partial charge in [0.05, 0.1) is 6.61 Å². The molecule has 0 saturated carbocycles. The highest BCUT2D eigenvalue weighted by Gasteiger charge is 2.17. The minimum atomic E-state index is -0.550. The first-order valence-electron chi connectivity index (χ1n) is 28.5. The zero-order valence-electron chi connectivity index (χ0n) is 44.0. The van der Waals surface area contributed by atoms with Gasteiger partial charge < -0.3 is 14.2 Å². The van der Waals surface area contributed by atoms with Gasteiger partial charge in [0.2, 0.25) is 0 Å². The van der Waals surface area contributed by atoms with E-state index in [0.29, 0.717) is 19.4 Å². The highest BCUT2D eigenvalue weighted by molar-refractivity contribution is 5.70. The van der Waals surface area contributed by atoms with E-state index in [1.54, 1.807) is 0 Å². The molecule has 0 spiro atoms. The average Bonchev–Trinajstić information content (AvgIpc) is 3.32. The van der Waals surface area contributed by atoms with Gasteiger partial charge in [-0.1, -0.05) is 229 Å². The summed E-state index contributed by atoms with van der Waals surface area (Å²) in [4.78, 5) is 25.5. The standard InChI is InChI=1S/C61H108O5/c1-4-7-10-13-16-19-22-25-28-30-32-35-38-41-44-47-50-53-56-64-57-59(66-61(63)55-52-49-46-43-40-37-33-27-24-21-18-15-12-9-6-3)58-65-60(62)54-51-48-45-42-39-36-34-31-29-26-23-20-17-14-11-8-5-2/h7,10,16-17,19-20,25-29,33,59H,4-6,8-9,11-15,18,21-24,30-32,34-58H2,1-3H3/b10-7-,19-16-,20-17-,28-25-,29-26-,33-27-. The molecular formula is C61H108O5. The third-order valence-corrected chi connectivity index (χ3v) is 12.2. The van der Waals surface area contributed by atoms with E-state index in [1.807, 2.05) is 0 Å². The van der Waals surface area contributed by atoms with Gasteiger partial charge in [-0.15, -0.1) is 0 Å². The van der Waals surface area contributed by atoms with Gasteiger partial charge in [-0.2, -0.15) is 0 Å². The van der Waals surface area contributed by atoms with Crippen LogP contribution < -0.4 is 0 Å². The third kappa shape index (κ3) is 54.0. The molecule has 66 heavy (non-hydrogen) atoms. The monoisotopic (exact) mass is 921 g/mol. The lowest BCUT2D eigenvalue weighted by atomic mass is 10.1. The van der Waals surface area contributed by atoms with Crippen LogP contribution in [0.25, 0.3) is 0 Å². The summed E-state index contributed by atoms with van der Waals surface area (Å²) in [5.74, 6) is -0.413. The molecule has 0 aromatic rings. The maximum Gasteiger partial charge on any atom is 0.306 e. The summed E-state index contributed by atoms with van der Waals surface area (Å²) in [5, 5.41) is 0. The van der Waals surface area contributed by atoms with E-state index in [9.17, 15) is 9.59 Å². The van der Waals surface area contributed by atoms with Crippen molar-refractivity contribution in [2.24, 2.45) is 0 Å². The summed E-state index contributed by atoms with van der Waals surface area (Å²) in [6.07, 6.45) is 73.4. The summed E-state index contributed by atoms with van der Waals surface area (Å²) in [7, 11) is 0. The molecule has 0 N–H and O–H groups in total. The number of unbranched alkanes of at least 4 members (excludes halogenated alkanes) is 29. The summed E-state index contributed by atoms with van der Waals surface area (Å²) in [6.45, 7) is 7.68. The molecule has 0 aliphatic heterocycles. The van der Waals surface area contributed by atoms with E-state index in [0.717, 1.165) is 83.5 Å². The predicted octanol–water partition coefficient (Wildman–Crippen LogP) is 19.5. The summed E-state index contributed by atoms with van der Waals surface area (Å²) in [5.41, 5.74) is 0. The van der Waals surface area contributed by atoms with Gasteiger partial charge in [-0.05, 0) is 109 Å². The molecule has 1 atom stereocenters. The van der Waals surface area contributed by atoms with Gasteiger partial charge in [0.1, 0.15) is 6.61 Å². The minimum absolute atomic E-state index is 0.0738. The number of hydrogen-bond acceptors (Lipinski definition) is 5. The second kappa shape index (κ2) is 56.7. The van der Waals surface area contributed by atoms with Gasteiger partial charge >= 0.3 is 11.9 Å². The maximum atomic E-state index is 12.8. The van der Waals surface area contributed by atoms with Crippen molar-refractivity contribution in [3.8, 4) is 0 Å². The molecule has 5 heteroatoms. The number of carbonyl (C=O) groups excluding carboxylic acids is 2. The normalized spacial score (nSPS) is 12.7. The molecule has 0 heterocycles. The molecule has 382 valence electrons. The highest BCUT2D eigenvalue weighted by Crippen LogP contribution is 2.14. The van der Waals surface area contributed by atoms with Crippen molar-refractivity contribution < 1.29 is 23.8 Å². The first-order valence-corrected chi connectivity index (χ1v) is 28.5. The fourth-order valence-electron chi connectivity index (χ4n) is 7.96. The lowest BCUT2D eigenvalue weighted by Crippen LogP contribution is -2.30. The van der Waals surface area contributed by atoms with Crippen molar-refractivity contribution in [3.63, 3.8) is 0 Å². The zero-order valence-corrected chi connectivity index (χ0v) is 44.0. The van der Waals surface area contributed by atoms with E-state index < -0.39 is 6.10 Å². The number of hydrogen-bond donors (Lipinski definition) is 0. The number of allylic oxidation sites excluding steroid dienone is 12. The maximum absolute atomic E-state index is 12.8. The van der Waals surface area contributed by atoms with Gasteiger partial charge in [0.15, 0.2) is 6.10 Å². The van der Waals surface area contributed by atoms with Crippen LogP contribution in [0.2, 0.25) is 0 Å². The molecule has 0 aromatic carbocycles. The molecule has 0 radical (unpaired) electrons. The summed E-state index contributed by atoms with van der Waals surface area (Å²) >= 11 is 0. The van der Waals surface area contributed by atoms with Crippen LogP contribution in [0.1, 0.15) is 278 Å². The Hall–Kier alpha value is -2.66. The predicted molar refractivity (Wildman–Crippen MR) is 288 cm³/mol. The molecule has 0 aromatic heterocycles. The van der Waals surface area contributed by atoms with Gasteiger partial charge in [0, 0.05) is 19.4 Å². The summed E-state index contributed by atoms with van der Waals surface area (Å²) in [6, 6.07) is 0. The quantitative estimate of drug-likeness (QED) is 0.0346. The number of rotatable bonds is 52. The molecular weight excluding hydrogens is 813 g/mol. The fraction of sp³-hybridized carbons (Fsp3) is 0.770. The lowest BCUT2D eigenvalue weighted by Gasteiger charge is -2.18. The Morgan fingerprint density at radius 3 is 1.14 bits per heavy atom. The van der Waals surface area contributed by atoms with Crippen LogP contribution in [0.15, 0.2) is 72.9 Å². The Morgan fingerprint density at radius 2 is 0.682 bits per heavy atom. The van der Waals surface area contributed by atoms with Crippen LogP contribution in [0, 0.1) is 0 Å². The van der Waals surface area contributed by atoms with Crippen LogP contribution in [-0.2, 0) is 23.8 Å². The Morgan fingerprint density at radius 1 is 0.348 bits per heavy atom. The number of ether oxygens (including phenoxy) is 3. The van der Waals surface area contributed by atoms with Crippen molar-refractivity contribution >= 4 is 11.9 Å². The largest absolute Gasteiger partial charge is 0.462 e. The molecule has 0 amide bonds. The highest BCUT2D eigenvalue weighted by atomic mass is 16.6. The molecule has 0 bridgehead atoms. The zero-order chi connectivity index (χ0) is 47.7. The van der Waals surface area contributed by atoms with Crippen LogP contribution in [-0.4, -0.2) is 37.9 Å². The number of esters is 2. The van der Waals surface area contributed by atoms with Crippen molar-refractivity contribution in [3.05, 3.63) is 72.9 Å². The molecule has 0 saturated heterocycles. The fourth-order valence-corrected chi connectivity index (χ4v) is 7.96. The Labute approximate surface area is 410 Å². The lowest BCUT2D eigenvalue weighted by molar-refractivity contribution is -0.163. The van der Waals surface area contributed by atoms with Crippen LogP contribution in [0.3, 0.4) is 0 Å². The van der Waals surface area contributed by atoms with E-state index in [2.05, 4.69) is 93.7 Å². The third-order valence-electron chi connectivity index (χ3n) is 12.2. The molecule has 5 nitrogen and oxygen atoms in total. The molecule has 0 fully saturated rings. The van der Waals surface area contributed by atoms with Gasteiger partial charge in [-0.25, -0.2) is 0 Å². The van der Waals surface area contributed by atoms with Gasteiger partial charge in [0.25, 0.3) is 0 Å². The topological polar surface area (TPSA) is 61.8 Å². The van der Waals surface area contributed by atoms with Gasteiger partial charge in [-0.3, -0.25) is 9.59 Å². The minimum Gasteiger partial charge on any atom is -0.462 e. The van der Waals surface area contributed by atoms with E-state index in [4.69, 9.17) is 14.2 Å². The molecule has 0 aliphatic rings. The summed E-state index contributed by atoms with van der Waals surface area (Å²) < 4.78 is 17.5. The molecule has 0 rings (SSSR count). The Kier molecular flexibility index (Phi) is 54.4. The molecule has 1 unspecified atom stereocenters. The molecule has 0 aliphatic carbocycles. The van der Waals surface area contributed by atoms with E-state index in [1.165, 1.54) is 161 Å². The van der Waals surface area contributed by atoms with Crippen LogP contribution in [0.4, 0.5) is 0 Å². The smallest absolute Gasteiger partial charge is 0.306 e. The van der Waals surface area contributed by atoms with Crippen molar-refractivity contribution in [2.75, 3.05) is 19.8 Å². The second-order valence-corrected chi connectivity index (χ2v) is 18.8. The average molecular weight is 922 g/mol.